The van der Waals surface area contributed by atoms with Gasteiger partial charge in [0.25, 0.3) is 15.9 Å². The zero-order chi connectivity index (χ0) is 27.4. The van der Waals surface area contributed by atoms with Crippen molar-refractivity contribution in [1.29, 1.82) is 0 Å². The number of benzene rings is 3. The zero-order valence-corrected chi connectivity index (χ0v) is 23.5. The molecule has 0 aliphatic heterocycles. The first-order valence-corrected chi connectivity index (χ1v) is 14.0. The normalized spacial score (nSPS) is 11.6. The number of amides is 1. The topological polar surface area (TPSA) is 83.8 Å². The van der Waals surface area contributed by atoms with Crippen LogP contribution in [0.2, 0.25) is 15.1 Å². The summed E-state index contributed by atoms with van der Waals surface area (Å²) < 4.78 is 29.7. The summed E-state index contributed by atoms with van der Waals surface area (Å²) in [4.78, 5) is 12.9. The Morgan fingerprint density at radius 3 is 2.39 bits per heavy atom. The van der Waals surface area contributed by atoms with Crippen molar-refractivity contribution in [2.45, 2.75) is 18.7 Å². The molecule has 0 fully saturated rings. The maximum atomic E-state index is 13.4. The van der Waals surface area contributed by atoms with E-state index in [2.05, 4.69) is 10.5 Å². The summed E-state index contributed by atoms with van der Waals surface area (Å²) in [5.74, 6) is -0.632. The fourth-order valence-electron chi connectivity index (χ4n) is 3.96. The van der Waals surface area contributed by atoms with Crippen LogP contribution in [0, 0.1) is 13.8 Å². The monoisotopic (exact) mass is 588 g/mol. The maximum Gasteiger partial charge on any atom is 0.264 e. The molecule has 3 aromatic carbocycles. The average molecular weight is 590 g/mol. The third-order valence-corrected chi connectivity index (χ3v) is 8.58. The molecule has 1 aromatic heterocycles. The van der Waals surface area contributed by atoms with Gasteiger partial charge in [-0.25, -0.2) is 13.8 Å². The number of aryl methyl sites for hydroxylation is 1. The Morgan fingerprint density at radius 1 is 0.974 bits per heavy atom. The number of anilines is 1. The van der Waals surface area contributed by atoms with E-state index in [0.717, 1.165) is 26.9 Å². The summed E-state index contributed by atoms with van der Waals surface area (Å²) >= 11 is 18.7. The molecule has 0 spiro atoms. The summed E-state index contributed by atoms with van der Waals surface area (Å²) in [5, 5.41) is 5.27. The van der Waals surface area contributed by atoms with Gasteiger partial charge in [0.15, 0.2) is 0 Å². The molecule has 0 aliphatic carbocycles. The highest BCUT2D eigenvalue weighted by atomic mass is 35.5. The van der Waals surface area contributed by atoms with Crippen LogP contribution in [0.1, 0.15) is 17.0 Å². The van der Waals surface area contributed by atoms with E-state index in [4.69, 9.17) is 34.8 Å². The molecule has 4 aromatic rings. The van der Waals surface area contributed by atoms with E-state index < -0.39 is 22.5 Å². The predicted octanol–water partition coefficient (Wildman–Crippen LogP) is 6.40. The van der Waals surface area contributed by atoms with Crippen LogP contribution < -0.4 is 9.73 Å². The van der Waals surface area contributed by atoms with Crippen LogP contribution in [0.15, 0.2) is 88.9 Å². The second kappa shape index (κ2) is 11.6. The van der Waals surface area contributed by atoms with Gasteiger partial charge in [-0.15, -0.1) is 0 Å². The summed E-state index contributed by atoms with van der Waals surface area (Å²) in [7, 11) is -4.06. The molecular formula is C27H23Cl3N4O3S. The Bertz CT molecular complexity index is 1620. The molecule has 11 heteroatoms. The van der Waals surface area contributed by atoms with E-state index in [-0.39, 0.29) is 10.6 Å². The largest absolute Gasteiger partial charge is 0.316 e. The third kappa shape index (κ3) is 5.89. The number of hydrogen-bond donors (Lipinski definition) is 1. The van der Waals surface area contributed by atoms with Crippen LogP contribution in [0.4, 0.5) is 5.69 Å². The lowest BCUT2D eigenvalue weighted by Crippen LogP contribution is -2.39. The molecular weight excluding hydrogens is 567 g/mol. The molecule has 0 unspecified atom stereocenters. The van der Waals surface area contributed by atoms with Crippen molar-refractivity contribution < 1.29 is 13.2 Å². The Morgan fingerprint density at radius 2 is 1.68 bits per heavy atom. The molecule has 0 atom stereocenters. The third-order valence-electron chi connectivity index (χ3n) is 5.75. The standard InChI is InChI=1S/C27H23Cl3N4O3S/c1-18-14-20(19(2)34(18)25-13-7-12-24(29)27(25)30)16-31-32-26(35)17-33(22-9-6-8-21(28)15-22)38(36,37)23-10-4-3-5-11-23/h3-16H,17H2,1-2H3,(H,32,35)/b31-16+. The summed E-state index contributed by atoms with van der Waals surface area (Å²) in [6, 6.07) is 21.4. The predicted molar refractivity (Wildman–Crippen MR) is 153 cm³/mol. The van der Waals surface area contributed by atoms with Gasteiger partial charge in [0.1, 0.15) is 6.54 Å². The van der Waals surface area contributed by atoms with Crippen molar-refractivity contribution in [1.82, 2.24) is 9.99 Å². The zero-order valence-electron chi connectivity index (χ0n) is 20.4. The van der Waals surface area contributed by atoms with Crippen molar-refractivity contribution in [3.8, 4) is 5.69 Å². The van der Waals surface area contributed by atoms with E-state index in [0.29, 0.717) is 15.1 Å². The minimum Gasteiger partial charge on any atom is -0.316 e. The molecule has 1 N–H and O–H groups in total. The Balaban J connectivity index is 1.56. The van der Waals surface area contributed by atoms with Crippen LogP contribution in [0.5, 0.6) is 0 Å². The molecule has 1 amide bonds. The van der Waals surface area contributed by atoms with Gasteiger partial charge >= 0.3 is 0 Å². The minimum atomic E-state index is -4.06. The molecule has 4 rings (SSSR count). The molecule has 1 heterocycles. The van der Waals surface area contributed by atoms with Gasteiger partial charge < -0.3 is 4.57 Å². The molecule has 0 radical (unpaired) electrons. The van der Waals surface area contributed by atoms with E-state index in [9.17, 15) is 13.2 Å². The minimum absolute atomic E-state index is 0.0448. The highest BCUT2D eigenvalue weighted by molar-refractivity contribution is 7.92. The fraction of sp³-hybridized carbons (Fsp3) is 0.111. The van der Waals surface area contributed by atoms with Crippen LogP contribution >= 0.6 is 34.8 Å². The van der Waals surface area contributed by atoms with Crippen LogP contribution in [0.25, 0.3) is 5.69 Å². The summed E-state index contributed by atoms with van der Waals surface area (Å²) in [6.07, 6.45) is 1.49. The molecule has 7 nitrogen and oxygen atoms in total. The molecule has 38 heavy (non-hydrogen) atoms. The van der Waals surface area contributed by atoms with Crippen LogP contribution in [0.3, 0.4) is 0 Å². The lowest BCUT2D eigenvalue weighted by Gasteiger charge is -2.23. The SMILES string of the molecule is Cc1cc(/C=N/NC(=O)CN(c2cccc(Cl)c2)S(=O)(=O)c2ccccc2)c(C)n1-c1cccc(Cl)c1Cl. The Kier molecular flexibility index (Phi) is 8.47. The molecule has 0 aliphatic rings. The molecule has 196 valence electrons. The number of sulfonamides is 1. The summed E-state index contributed by atoms with van der Waals surface area (Å²) in [6.45, 7) is 3.30. The Hall–Kier alpha value is -3.30. The smallest absolute Gasteiger partial charge is 0.264 e. The van der Waals surface area contributed by atoms with Crippen molar-refractivity contribution in [3.05, 3.63) is 111 Å². The van der Waals surface area contributed by atoms with E-state index in [1.807, 2.05) is 36.6 Å². The van der Waals surface area contributed by atoms with Crippen LogP contribution in [-0.2, 0) is 14.8 Å². The first kappa shape index (κ1) is 27.7. The Labute approximate surface area is 236 Å². The van der Waals surface area contributed by atoms with Gasteiger partial charge in [0, 0.05) is 22.0 Å². The number of nitrogens with zero attached hydrogens (tertiary/aromatic N) is 3. The van der Waals surface area contributed by atoms with Crippen LogP contribution in [-0.4, -0.2) is 31.7 Å². The molecule has 0 saturated heterocycles. The van der Waals surface area contributed by atoms with Gasteiger partial charge in [-0.05, 0) is 62.4 Å². The second-order valence-electron chi connectivity index (χ2n) is 8.33. The maximum absolute atomic E-state index is 13.4. The number of carbonyl (C=O) groups excluding carboxylic acids is 1. The van der Waals surface area contributed by atoms with E-state index in [1.165, 1.54) is 24.4 Å². The van der Waals surface area contributed by atoms with Gasteiger partial charge in [-0.2, -0.15) is 5.10 Å². The van der Waals surface area contributed by atoms with Crippen molar-refractivity contribution in [3.63, 3.8) is 0 Å². The number of halogens is 3. The van der Waals surface area contributed by atoms with Crippen molar-refractivity contribution >= 4 is 62.6 Å². The number of carbonyl (C=O) groups is 1. The number of hydrogen-bond acceptors (Lipinski definition) is 4. The van der Waals surface area contributed by atoms with Gasteiger partial charge in [0.2, 0.25) is 0 Å². The van der Waals surface area contributed by atoms with Gasteiger partial charge in [0.05, 0.1) is 32.5 Å². The second-order valence-corrected chi connectivity index (χ2v) is 11.4. The summed E-state index contributed by atoms with van der Waals surface area (Å²) in [5.41, 5.74) is 5.85. The number of rotatable bonds is 8. The first-order chi connectivity index (χ1) is 18.1. The van der Waals surface area contributed by atoms with E-state index in [1.54, 1.807) is 42.5 Å². The number of nitrogens with one attached hydrogen (secondary N) is 1. The number of aromatic nitrogens is 1. The average Bonchev–Trinajstić information content (AvgIpc) is 3.17. The highest BCUT2D eigenvalue weighted by Gasteiger charge is 2.27. The van der Waals surface area contributed by atoms with E-state index >= 15 is 0 Å². The van der Waals surface area contributed by atoms with Crippen molar-refractivity contribution in [2.75, 3.05) is 10.8 Å². The highest BCUT2D eigenvalue weighted by Crippen LogP contribution is 2.31. The van der Waals surface area contributed by atoms with Crippen molar-refractivity contribution in [2.24, 2.45) is 5.10 Å². The van der Waals surface area contributed by atoms with Gasteiger partial charge in [-0.3, -0.25) is 9.10 Å². The number of hydrazone groups is 1. The molecule has 0 bridgehead atoms. The quantitative estimate of drug-likeness (QED) is 0.191. The van der Waals surface area contributed by atoms with Gasteiger partial charge in [-0.1, -0.05) is 65.1 Å². The first-order valence-electron chi connectivity index (χ1n) is 11.4. The molecule has 0 saturated carbocycles. The fourth-order valence-corrected chi connectivity index (χ4v) is 5.96. The lowest BCUT2D eigenvalue weighted by atomic mass is 10.2. The lowest BCUT2D eigenvalue weighted by molar-refractivity contribution is -0.119.